The van der Waals surface area contributed by atoms with Gasteiger partial charge in [-0.25, -0.2) is 0 Å². The van der Waals surface area contributed by atoms with E-state index in [1.165, 1.54) is 25.7 Å². The smallest absolute Gasteiger partial charge is 0.322 e. The first-order chi connectivity index (χ1) is 9.57. The molecule has 0 aliphatic carbocycles. The monoisotopic (exact) mass is 286 g/mol. The van der Waals surface area contributed by atoms with Crippen molar-refractivity contribution in [2.45, 2.75) is 64.3 Å². The Morgan fingerprint density at radius 1 is 1.10 bits per heavy atom. The van der Waals surface area contributed by atoms with E-state index in [4.69, 9.17) is 21.9 Å². The van der Waals surface area contributed by atoms with Gasteiger partial charge in [-0.05, 0) is 19.3 Å². The summed E-state index contributed by atoms with van der Waals surface area (Å²) in [6, 6.07) is -0.579. The van der Waals surface area contributed by atoms with Crippen LogP contribution in [0.2, 0.25) is 0 Å². The third-order valence-corrected chi connectivity index (χ3v) is 3.01. The van der Waals surface area contributed by atoms with Crippen molar-refractivity contribution in [1.82, 2.24) is 0 Å². The normalized spacial score (nSPS) is 11.9. The number of esters is 1. The molecule has 0 heterocycles. The molecule has 0 radical (unpaired) electrons. The van der Waals surface area contributed by atoms with Crippen LogP contribution in [0.15, 0.2) is 4.99 Å². The molecule has 0 saturated heterocycles. The van der Waals surface area contributed by atoms with Gasteiger partial charge in [0.15, 0.2) is 5.96 Å². The molecular formula is C14H30N4O2. The van der Waals surface area contributed by atoms with Crippen molar-refractivity contribution in [1.29, 1.82) is 0 Å². The van der Waals surface area contributed by atoms with Gasteiger partial charge in [-0.1, -0.05) is 39.0 Å². The maximum Gasteiger partial charge on any atom is 0.322 e. The summed E-state index contributed by atoms with van der Waals surface area (Å²) in [5, 5.41) is 0. The molecule has 20 heavy (non-hydrogen) atoms. The fourth-order valence-electron chi connectivity index (χ4n) is 1.80. The number of carbonyl (C=O) groups excluding carboxylic acids is 1. The molecule has 1 atom stereocenters. The highest BCUT2D eigenvalue weighted by molar-refractivity contribution is 5.76. The van der Waals surface area contributed by atoms with Crippen LogP contribution in [0.25, 0.3) is 0 Å². The number of guanidine groups is 1. The zero-order valence-corrected chi connectivity index (χ0v) is 12.6. The van der Waals surface area contributed by atoms with Crippen LogP contribution in [-0.4, -0.2) is 31.1 Å². The Kier molecular flexibility index (Phi) is 11.9. The SMILES string of the molecule is CCCCCCCCOC(=O)[C@@H](N)CCCN=C(N)N. The molecule has 0 fully saturated rings. The minimum absolute atomic E-state index is 0.0595. The molecule has 0 aliphatic rings. The molecule has 0 unspecified atom stereocenters. The average Bonchev–Trinajstić information content (AvgIpc) is 2.41. The maximum absolute atomic E-state index is 11.6. The molecule has 0 rings (SSSR count). The van der Waals surface area contributed by atoms with Crippen molar-refractivity contribution in [2.75, 3.05) is 13.2 Å². The first kappa shape index (κ1) is 18.7. The molecular weight excluding hydrogens is 256 g/mol. The number of rotatable bonds is 12. The van der Waals surface area contributed by atoms with E-state index >= 15 is 0 Å². The molecule has 6 N–H and O–H groups in total. The lowest BCUT2D eigenvalue weighted by Gasteiger charge is -2.10. The van der Waals surface area contributed by atoms with Crippen molar-refractivity contribution in [3.05, 3.63) is 0 Å². The molecule has 6 nitrogen and oxygen atoms in total. The quantitative estimate of drug-likeness (QED) is 0.216. The summed E-state index contributed by atoms with van der Waals surface area (Å²) >= 11 is 0. The summed E-state index contributed by atoms with van der Waals surface area (Å²) in [5.74, 6) is -0.271. The van der Waals surface area contributed by atoms with Crippen molar-refractivity contribution in [2.24, 2.45) is 22.2 Å². The first-order valence-electron chi connectivity index (χ1n) is 7.55. The molecule has 0 aromatic rings. The highest BCUT2D eigenvalue weighted by Crippen LogP contribution is 2.05. The number of nitrogens with two attached hydrogens (primary N) is 3. The van der Waals surface area contributed by atoms with Crippen LogP contribution < -0.4 is 17.2 Å². The van der Waals surface area contributed by atoms with E-state index in [0.717, 1.165) is 12.8 Å². The van der Waals surface area contributed by atoms with Crippen LogP contribution in [0.4, 0.5) is 0 Å². The minimum Gasteiger partial charge on any atom is -0.465 e. The lowest BCUT2D eigenvalue weighted by atomic mass is 10.1. The number of carbonyl (C=O) groups is 1. The number of hydrogen-bond acceptors (Lipinski definition) is 4. The molecule has 0 spiro atoms. The van der Waals surface area contributed by atoms with E-state index in [1.54, 1.807) is 0 Å². The third-order valence-electron chi connectivity index (χ3n) is 3.01. The first-order valence-corrected chi connectivity index (χ1v) is 7.55. The summed E-state index contributed by atoms with van der Waals surface area (Å²) in [6.07, 6.45) is 8.20. The van der Waals surface area contributed by atoms with E-state index in [2.05, 4.69) is 11.9 Å². The van der Waals surface area contributed by atoms with E-state index in [-0.39, 0.29) is 11.9 Å². The van der Waals surface area contributed by atoms with Crippen LogP contribution in [0.3, 0.4) is 0 Å². The number of aliphatic imine (C=N–C) groups is 1. The molecule has 6 heteroatoms. The summed E-state index contributed by atoms with van der Waals surface area (Å²) < 4.78 is 5.14. The predicted molar refractivity (Wildman–Crippen MR) is 82.2 cm³/mol. The van der Waals surface area contributed by atoms with Crippen molar-refractivity contribution < 1.29 is 9.53 Å². The van der Waals surface area contributed by atoms with Crippen molar-refractivity contribution >= 4 is 11.9 Å². The van der Waals surface area contributed by atoms with Crippen LogP contribution in [0.5, 0.6) is 0 Å². The predicted octanol–water partition coefficient (Wildman–Crippen LogP) is 1.27. The van der Waals surface area contributed by atoms with Crippen molar-refractivity contribution in [3.63, 3.8) is 0 Å². The standard InChI is InChI=1S/C14H30N4O2/c1-2-3-4-5-6-7-11-20-13(19)12(15)9-8-10-18-14(16)17/h12H,2-11,15H2,1H3,(H4,16,17,18)/t12-/m0/s1. The van der Waals surface area contributed by atoms with Crippen LogP contribution in [0, 0.1) is 0 Å². The lowest BCUT2D eigenvalue weighted by Crippen LogP contribution is -2.32. The topological polar surface area (TPSA) is 117 Å². The van der Waals surface area contributed by atoms with E-state index in [0.29, 0.717) is 26.0 Å². The van der Waals surface area contributed by atoms with Gasteiger partial charge in [-0.3, -0.25) is 9.79 Å². The summed E-state index contributed by atoms with van der Waals surface area (Å²) in [7, 11) is 0. The molecule has 0 aromatic carbocycles. The van der Waals surface area contributed by atoms with Gasteiger partial charge in [0.1, 0.15) is 6.04 Å². The van der Waals surface area contributed by atoms with E-state index in [9.17, 15) is 4.79 Å². The maximum atomic E-state index is 11.6. The van der Waals surface area contributed by atoms with Crippen molar-refractivity contribution in [3.8, 4) is 0 Å². The van der Waals surface area contributed by atoms with E-state index < -0.39 is 6.04 Å². The Morgan fingerprint density at radius 3 is 2.40 bits per heavy atom. The average molecular weight is 286 g/mol. The molecule has 0 amide bonds. The number of unbranched alkanes of at least 4 members (excludes halogenated alkanes) is 5. The van der Waals surface area contributed by atoms with Gasteiger partial charge in [0, 0.05) is 6.54 Å². The van der Waals surface area contributed by atoms with Crippen LogP contribution in [0.1, 0.15) is 58.3 Å². The zero-order chi connectivity index (χ0) is 15.2. The van der Waals surface area contributed by atoms with Gasteiger partial charge in [0.25, 0.3) is 0 Å². The zero-order valence-electron chi connectivity index (χ0n) is 12.6. The van der Waals surface area contributed by atoms with Gasteiger partial charge < -0.3 is 21.9 Å². The Labute approximate surface area is 122 Å². The van der Waals surface area contributed by atoms with Gasteiger partial charge in [0.2, 0.25) is 0 Å². The molecule has 0 bridgehead atoms. The lowest BCUT2D eigenvalue weighted by molar-refractivity contribution is -0.145. The second kappa shape index (κ2) is 12.7. The van der Waals surface area contributed by atoms with Gasteiger partial charge in [-0.2, -0.15) is 0 Å². The molecule has 118 valence electrons. The fourth-order valence-corrected chi connectivity index (χ4v) is 1.80. The van der Waals surface area contributed by atoms with Gasteiger partial charge >= 0.3 is 5.97 Å². The second-order valence-corrected chi connectivity index (χ2v) is 4.99. The van der Waals surface area contributed by atoms with Crippen LogP contribution in [-0.2, 0) is 9.53 Å². The minimum atomic E-state index is -0.579. The number of hydrogen-bond donors (Lipinski definition) is 3. The van der Waals surface area contributed by atoms with Gasteiger partial charge in [0.05, 0.1) is 6.61 Å². The number of nitrogens with zero attached hydrogens (tertiary/aromatic N) is 1. The van der Waals surface area contributed by atoms with Gasteiger partial charge in [-0.15, -0.1) is 0 Å². The highest BCUT2D eigenvalue weighted by atomic mass is 16.5. The Bertz CT molecular complexity index is 278. The largest absolute Gasteiger partial charge is 0.465 e. The molecule has 0 aliphatic heterocycles. The molecule has 0 saturated carbocycles. The summed E-state index contributed by atoms with van der Waals surface area (Å²) in [4.78, 5) is 15.4. The second-order valence-electron chi connectivity index (χ2n) is 4.99. The fraction of sp³-hybridized carbons (Fsp3) is 0.857. The number of ether oxygens (including phenoxy) is 1. The Balaban J connectivity index is 3.48. The van der Waals surface area contributed by atoms with Crippen LogP contribution >= 0.6 is 0 Å². The summed E-state index contributed by atoms with van der Waals surface area (Å²) in [6.45, 7) is 3.14. The van der Waals surface area contributed by atoms with E-state index in [1.807, 2.05) is 0 Å². The summed E-state index contributed by atoms with van der Waals surface area (Å²) in [5.41, 5.74) is 16.1. The Hall–Kier alpha value is -1.30. The third kappa shape index (κ3) is 11.8. The highest BCUT2D eigenvalue weighted by Gasteiger charge is 2.13. The Morgan fingerprint density at radius 2 is 1.75 bits per heavy atom. The molecule has 0 aromatic heterocycles.